The van der Waals surface area contributed by atoms with Gasteiger partial charge in [-0.25, -0.2) is 0 Å². The lowest BCUT2D eigenvalue weighted by molar-refractivity contribution is -0.139. The standard InChI is InChI=1S/C22H45NO2/c1-5-7-9-11-13-15-17-20(3)23(19-22(24)25)21(4)18-16-14-12-10-8-6-2/h20-21H,5-19H2,1-4H3,(H,24,25). The highest BCUT2D eigenvalue weighted by Gasteiger charge is 2.22. The quantitative estimate of drug-likeness (QED) is 0.280. The van der Waals surface area contributed by atoms with Gasteiger partial charge in [-0.3, -0.25) is 9.69 Å². The van der Waals surface area contributed by atoms with Crippen LogP contribution in [-0.4, -0.2) is 34.6 Å². The lowest BCUT2D eigenvalue weighted by Gasteiger charge is -2.33. The zero-order chi connectivity index (χ0) is 18.9. The Morgan fingerprint density at radius 2 is 1.08 bits per heavy atom. The predicted molar refractivity (Wildman–Crippen MR) is 109 cm³/mol. The minimum Gasteiger partial charge on any atom is -0.480 e. The molecule has 25 heavy (non-hydrogen) atoms. The Bertz CT molecular complexity index is 284. The van der Waals surface area contributed by atoms with Crippen LogP contribution in [-0.2, 0) is 4.79 Å². The minimum absolute atomic E-state index is 0.188. The van der Waals surface area contributed by atoms with Crippen LogP contribution in [0.2, 0.25) is 0 Å². The summed E-state index contributed by atoms with van der Waals surface area (Å²) in [6.07, 6.45) is 17.9. The van der Waals surface area contributed by atoms with Crippen molar-refractivity contribution in [3.63, 3.8) is 0 Å². The van der Waals surface area contributed by atoms with Crippen molar-refractivity contribution in [3.8, 4) is 0 Å². The number of carbonyl (C=O) groups is 1. The van der Waals surface area contributed by atoms with Gasteiger partial charge in [0.05, 0.1) is 6.54 Å². The molecule has 0 bridgehead atoms. The molecule has 0 aliphatic rings. The van der Waals surface area contributed by atoms with Crippen LogP contribution in [0, 0.1) is 0 Å². The Balaban J connectivity index is 4.11. The first-order valence-corrected chi connectivity index (χ1v) is 11.0. The number of carboxylic acid groups (broad SMARTS) is 1. The van der Waals surface area contributed by atoms with E-state index in [-0.39, 0.29) is 6.54 Å². The molecular weight excluding hydrogens is 310 g/mol. The molecule has 0 aromatic heterocycles. The molecule has 0 aliphatic carbocycles. The average Bonchev–Trinajstić information content (AvgIpc) is 2.58. The van der Waals surface area contributed by atoms with E-state index in [0.717, 1.165) is 12.8 Å². The molecule has 0 aliphatic heterocycles. The lowest BCUT2D eigenvalue weighted by atomic mass is 10.0. The normalized spacial score (nSPS) is 14.0. The van der Waals surface area contributed by atoms with E-state index in [9.17, 15) is 9.90 Å². The third-order valence-electron chi connectivity index (χ3n) is 5.40. The number of carboxylic acids is 1. The molecule has 2 unspecified atom stereocenters. The molecule has 0 spiro atoms. The Hall–Kier alpha value is -0.570. The smallest absolute Gasteiger partial charge is 0.317 e. The first-order chi connectivity index (χ1) is 12.0. The summed E-state index contributed by atoms with van der Waals surface area (Å²) in [6.45, 7) is 9.11. The fourth-order valence-electron chi connectivity index (χ4n) is 3.67. The van der Waals surface area contributed by atoms with Gasteiger partial charge < -0.3 is 5.11 Å². The van der Waals surface area contributed by atoms with Crippen molar-refractivity contribution in [1.29, 1.82) is 0 Å². The summed E-state index contributed by atoms with van der Waals surface area (Å²) in [5.74, 6) is -0.690. The number of hydrogen-bond donors (Lipinski definition) is 1. The molecule has 0 amide bonds. The second-order valence-corrected chi connectivity index (χ2v) is 7.88. The van der Waals surface area contributed by atoms with Crippen LogP contribution in [0.4, 0.5) is 0 Å². The first kappa shape index (κ1) is 24.4. The van der Waals surface area contributed by atoms with Gasteiger partial charge in [-0.05, 0) is 26.7 Å². The van der Waals surface area contributed by atoms with Gasteiger partial charge in [0, 0.05) is 12.1 Å². The third-order valence-corrected chi connectivity index (χ3v) is 5.40. The van der Waals surface area contributed by atoms with Crippen molar-refractivity contribution in [2.24, 2.45) is 0 Å². The summed E-state index contributed by atoms with van der Waals surface area (Å²) >= 11 is 0. The largest absolute Gasteiger partial charge is 0.480 e. The van der Waals surface area contributed by atoms with E-state index in [1.54, 1.807) is 0 Å². The van der Waals surface area contributed by atoms with Crippen molar-refractivity contribution < 1.29 is 9.90 Å². The van der Waals surface area contributed by atoms with E-state index in [4.69, 9.17) is 0 Å². The minimum atomic E-state index is -0.690. The Labute approximate surface area is 157 Å². The number of aliphatic carboxylic acids is 1. The van der Waals surface area contributed by atoms with Gasteiger partial charge in [-0.2, -0.15) is 0 Å². The van der Waals surface area contributed by atoms with Crippen LogP contribution in [0.3, 0.4) is 0 Å². The summed E-state index contributed by atoms with van der Waals surface area (Å²) in [5.41, 5.74) is 0. The van der Waals surface area contributed by atoms with E-state index >= 15 is 0 Å². The number of nitrogens with zero attached hydrogens (tertiary/aromatic N) is 1. The Kier molecular flexibility index (Phi) is 16.5. The van der Waals surface area contributed by atoms with Crippen LogP contribution in [0.15, 0.2) is 0 Å². The molecule has 0 radical (unpaired) electrons. The van der Waals surface area contributed by atoms with E-state index in [1.165, 1.54) is 77.0 Å². The van der Waals surface area contributed by atoms with Gasteiger partial charge in [0.15, 0.2) is 0 Å². The molecule has 0 rings (SSSR count). The maximum absolute atomic E-state index is 11.3. The predicted octanol–water partition coefficient (Wildman–Crippen LogP) is 6.65. The summed E-state index contributed by atoms with van der Waals surface area (Å²) in [4.78, 5) is 13.5. The molecule has 0 aromatic rings. The fourth-order valence-corrected chi connectivity index (χ4v) is 3.67. The topological polar surface area (TPSA) is 40.5 Å². The van der Waals surface area contributed by atoms with Crippen molar-refractivity contribution >= 4 is 5.97 Å². The molecule has 3 heteroatoms. The SMILES string of the molecule is CCCCCCCCC(C)N(CC(=O)O)C(C)CCCCCCCC. The fraction of sp³-hybridized carbons (Fsp3) is 0.955. The summed E-state index contributed by atoms with van der Waals surface area (Å²) in [5, 5.41) is 9.28. The van der Waals surface area contributed by atoms with Crippen molar-refractivity contribution in [3.05, 3.63) is 0 Å². The first-order valence-electron chi connectivity index (χ1n) is 11.0. The zero-order valence-corrected chi connectivity index (χ0v) is 17.6. The lowest BCUT2D eigenvalue weighted by Crippen LogP contribution is -2.43. The van der Waals surface area contributed by atoms with E-state index in [0.29, 0.717) is 12.1 Å². The molecule has 0 saturated heterocycles. The Morgan fingerprint density at radius 1 is 0.720 bits per heavy atom. The van der Waals surface area contributed by atoms with Gasteiger partial charge in [-0.15, -0.1) is 0 Å². The van der Waals surface area contributed by atoms with E-state index < -0.39 is 5.97 Å². The third kappa shape index (κ3) is 14.3. The van der Waals surface area contributed by atoms with Crippen molar-refractivity contribution in [1.82, 2.24) is 4.90 Å². The van der Waals surface area contributed by atoms with Gasteiger partial charge in [0.2, 0.25) is 0 Å². The van der Waals surface area contributed by atoms with Crippen LogP contribution in [0.1, 0.15) is 118 Å². The molecule has 2 atom stereocenters. The zero-order valence-electron chi connectivity index (χ0n) is 17.6. The van der Waals surface area contributed by atoms with E-state index in [1.807, 2.05) is 0 Å². The van der Waals surface area contributed by atoms with E-state index in [2.05, 4.69) is 32.6 Å². The van der Waals surface area contributed by atoms with Gasteiger partial charge in [-0.1, -0.05) is 90.9 Å². The molecule has 0 fully saturated rings. The van der Waals surface area contributed by atoms with Gasteiger partial charge in [0.25, 0.3) is 0 Å². The van der Waals surface area contributed by atoms with Crippen molar-refractivity contribution in [2.45, 2.75) is 130 Å². The second kappa shape index (κ2) is 16.9. The molecule has 1 N–H and O–H groups in total. The van der Waals surface area contributed by atoms with Crippen LogP contribution in [0.25, 0.3) is 0 Å². The highest BCUT2D eigenvalue weighted by molar-refractivity contribution is 5.69. The van der Waals surface area contributed by atoms with Crippen molar-refractivity contribution in [2.75, 3.05) is 6.54 Å². The molecular formula is C22H45NO2. The van der Waals surface area contributed by atoms with Crippen LogP contribution < -0.4 is 0 Å². The highest BCUT2D eigenvalue weighted by atomic mass is 16.4. The summed E-state index contributed by atoms with van der Waals surface area (Å²) < 4.78 is 0. The number of hydrogen-bond acceptors (Lipinski definition) is 2. The van der Waals surface area contributed by atoms with Gasteiger partial charge in [0.1, 0.15) is 0 Å². The molecule has 3 nitrogen and oxygen atoms in total. The molecule has 0 saturated carbocycles. The van der Waals surface area contributed by atoms with Crippen LogP contribution in [0.5, 0.6) is 0 Å². The van der Waals surface area contributed by atoms with Gasteiger partial charge >= 0.3 is 5.97 Å². The summed E-state index contributed by atoms with van der Waals surface area (Å²) in [6, 6.07) is 0.745. The number of unbranched alkanes of at least 4 members (excludes halogenated alkanes) is 10. The molecule has 0 heterocycles. The number of rotatable bonds is 18. The highest BCUT2D eigenvalue weighted by Crippen LogP contribution is 2.18. The van der Waals surface area contributed by atoms with Crippen LogP contribution >= 0.6 is 0 Å². The molecule has 0 aromatic carbocycles. The maximum atomic E-state index is 11.3. The monoisotopic (exact) mass is 355 g/mol. The summed E-state index contributed by atoms with van der Waals surface area (Å²) in [7, 11) is 0. The second-order valence-electron chi connectivity index (χ2n) is 7.88. The maximum Gasteiger partial charge on any atom is 0.317 e. The molecule has 150 valence electrons. The average molecular weight is 356 g/mol. The Morgan fingerprint density at radius 3 is 1.44 bits per heavy atom.